The molecule has 6 nitrogen and oxygen atoms in total. The third-order valence-corrected chi connectivity index (χ3v) is 7.07. The van der Waals surface area contributed by atoms with Crippen LogP contribution in [0.2, 0.25) is 0 Å². The van der Waals surface area contributed by atoms with Gasteiger partial charge in [-0.15, -0.1) is 0 Å². The summed E-state index contributed by atoms with van der Waals surface area (Å²) >= 11 is 0. The van der Waals surface area contributed by atoms with Crippen LogP contribution in [-0.4, -0.2) is 30.7 Å². The molecule has 1 aliphatic heterocycles. The summed E-state index contributed by atoms with van der Waals surface area (Å²) in [6.45, 7) is 5.59. The van der Waals surface area contributed by atoms with Crippen LogP contribution in [0.1, 0.15) is 40.1 Å². The number of carbonyl (C=O) groups excluding carboxylic acids is 1. The Kier molecular flexibility index (Phi) is 6.57. The van der Waals surface area contributed by atoms with E-state index in [9.17, 15) is 9.59 Å². The number of nitrogens with one attached hydrogen (secondary N) is 1. The Morgan fingerprint density at radius 3 is 2.49 bits per heavy atom. The molecule has 0 saturated heterocycles. The fourth-order valence-corrected chi connectivity index (χ4v) is 5.14. The molecule has 0 amide bonds. The summed E-state index contributed by atoms with van der Waals surface area (Å²) < 4.78 is 6.72. The first kappa shape index (κ1) is 24.4. The maximum Gasteiger partial charge on any atom is 0.339 e. The number of fused-ring (bicyclic) bond motifs is 1. The van der Waals surface area contributed by atoms with Crippen LogP contribution in [-0.2, 0) is 11.8 Å². The van der Waals surface area contributed by atoms with Crippen molar-refractivity contribution >= 4 is 33.7 Å². The first-order valence-electron chi connectivity index (χ1n) is 12.4. The van der Waals surface area contributed by atoms with E-state index in [-0.39, 0.29) is 11.6 Å². The third-order valence-electron chi connectivity index (χ3n) is 7.07. The molecule has 6 heteroatoms. The number of rotatable bonds is 6. The average molecular weight is 494 g/mol. The molecule has 0 radical (unpaired) electrons. The molecule has 1 aromatic heterocycles. The first-order chi connectivity index (χ1) is 17.9. The van der Waals surface area contributed by atoms with Crippen molar-refractivity contribution in [2.45, 2.75) is 19.9 Å². The lowest BCUT2D eigenvalue weighted by atomic mass is 9.95. The standard InChI is InChI=1S/C31H31N3O3/c1-20-16-25(21(2)32-28-13-9-8-12-24(28)31(36)37-4)26-18-29(33(3)30(35)27(26)17-20)22-14-15-34(19-22)23-10-6-5-7-11-23/h5-14,16-18,21,32H,15,19H2,1-4H3. The minimum absolute atomic E-state index is 0.0151. The monoisotopic (exact) mass is 493 g/mol. The number of hydrogen-bond donors (Lipinski definition) is 1. The van der Waals surface area contributed by atoms with Gasteiger partial charge in [0.25, 0.3) is 5.56 Å². The van der Waals surface area contributed by atoms with Crippen LogP contribution in [0.3, 0.4) is 0 Å². The molecule has 2 heterocycles. The largest absolute Gasteiger partial charge is 0.465 e. The van der Waals surface area contributed by atoms with Crippen molar-refractivity contribution in [3.63, 3.8) is 0 Å². The summed E-state index contributed by atoms with van der Waals surface area (Å²) in [5.74, 6) is -0.392. The second-order valence-corrected chi connectivity index (χ2v) is 9.56. The summed E-state index contributed by atoms with van der Waals surface area (Å²) in [4.78, 5) is 28.2. The van der Waals surface area contributed by atoms with Crippen molar-refractivity contribution in [2.75, 3.05) is 30.4 Å². The maximum absolute atomic E-state index is 13.6. The van der Waals surface area contributed by atoms with E-state index < -0.39 is 5.97 Å². The fourth-order valence-electron chi connectivity index (χ4n) is 5.14. The molecular weight excluding hydrogens is 462 g/mol. The number of anilines is 2. The van der Waals surface area contributed by atoms with Gasteiger partial charge in [-0.2, -0.15) is 0 Å². The van der Waals surface area contributed by atoms with E-state index in [1.807, 2.05) is 63.4 Å². The fraction of sp³-hybridized carbons (Fsp3) is 0.226. The Labute approximate surface area is 216 Å². The number of aromatic nitrogens is 1. The number of hydrogen-bond acceptors (Lipinski definition) is 5. The summed E-state index contributed by atoms with van der Waals surface area (Å²) in [6.07, 6.45) is 2.20. The number of benzene rings is 3. The van der Waals surface area contributed by atoms with Gasteiger partial charge < -0.3 is 19.5 Å². The Morgan fingerprint density at radius 1 is 1.00 bits per heavy atom. The number of para-hydroxylation sites is 2. The van der Waals surface area contributed by atoms with Crippen molar-refractivity contribution in [3.8, 4) is 0 Å². The highest BCUT2D eigenvalue weighted by Crippen LogP contribution is 2.32. The molecule has 188 valence electrons. The van der Waals surface area contributed by atoms with Crippen molar-refractivity contribution < 1.29 is 9.53 Å². The molecule has 0 aliphatic carbocycles. The number of aryl methyl sites for hydroxylation is 1. The summed E-state index contributed by atoms with van der Waals surface area (Å²) in [7, 11) is 3.23. The van der Waals surface area contributed by atoms with Crippen LogP contribution in [0.5, 0.6) is 0 Å². The van der Waals surface area contributed by atoms with Crippen molar-refractivity contribution in [1.29, 1.82) is 0 Å². The summed E-state index contributed by atoms with van der Waals surface area (Å²) in [5, 5.41) is 5.09. The van der Waals surface area contributed by atoms with Gasteiger partial charge in [-0.3, -0.25) is 4.79 Å². The van der Waals surface area contributed by atoms with Gasteiger partial charge in [-0.1, -0.05) is 42.5 Å². The molecule has 0 bridgehead atoms. The molecule has 1 aliphatic rings. The van der Waals surface area contributed by atoms with Gasteiger partial charge in [0.1, 0.15) is 0 Å². The van der Waals surface area contributed by atoms with Crippen LogP contribution >= 0.6 is 0 Å². The van der Waals surface area contributed by atoms with Gasteiger partial charge in [-0.05, 0) is 72.3 Å². The smallest absolute Gasteiger partial charge is 0.339 e. The van der Waals surface area contributed by atoms with Crippen LogP contribution in [0.15, 0.2) is 83.7 Å². The highest BCUT2D eigenvalue weighted by Gasteiger charge is 2.22. The number of carbonyl (C=O) groups is 1. The highest BCUT2D eigenvalue weighted by atomic mass is 16.5. The number of pyridine rings is 1. The zero-order chi connectivity index (χ0) is 26.1. The van der Waals surface area contributed by atoms with Gasteiger partial charge >= 0.3 is 5.97 Å². The van der Waals surface area contributed by atoms with Crippen LogP contribution in [0, 0.1) is 6.92 Å². The Hall–Kier alpha value is -4.32. The zero-order valence-electron chi connectivity index (χ0n) is 21.6. The molecule has 3 aromatic carbocycles. The van der Waals surface area contributed by atoms with Crippen molar-refractivity contribution in [3.05, 3.63) is 112 Å². The van der Waals surface area contributed by atoms with E-state index in [0.29, 0.717) is 16.6 Å². The SMILES string of the molecule is COC(=O)c1ccccc1NC(C)c1cc(C)cc2c(=O)n(C)c(C3=CCN(c4ccccc4)C3)cc12. The second-order valence-electron chi connectivity index (χ2n) is 9.56. The molecule has 5 rings (SSSR count). The van der Waals surface area contributed by atoms with Gasteiger partial charge in [0.15, 0.2) is 0 Å². The maximum atomic E-state index is 13.6. The Balaban J connectivity index is 1.55. The predicted molar refractivity (Wildman–Crippen MR) is 150 cm³/mol. The summed E-state index contributed by atoms with van der Waals surface area (Å²) in [5.41, 5.74) is 6.39. The molecule has 1 unspecified atom stereocenters. The quantitative estimate of drug-likeness (QED) is 0.349. The lowest BCUT2D eigenvalue weighted by Gasteiger charge is -2.22. The average Bonchev–Trinajstić information content (AvgIpc) is 3.41. The van der Waals surface area contributed by atoms with Crippen molar-refractivity contribution in [1.82, 2.24) is 4.57 Å². The normalized spacial score (nSPS) is 13.9. The van der Waals surface area contributed by atoms with Gasteiger partial charge in [0, 0.05) is 48.6 Å². The lowest BCUT2D eigenvalue weighted by molar-refractivity contribution is 0.0602. The third kappa shape index (κ3) is 4.62. The highest BCUT2D eigenvalue weighted by molar-refractivity contribution is 5.96. The van der Waals surface area contributed by atoms with Crippen LogP contribution < -0.4 is 15.8 Å². The van der Waals surface area contributed by atoms with Gasteiger partial charge in [0.05, 0.1) is 12.7 Å². The Morgan fingerprint density at radius 2 is 1.73 bits per heavy atom. The molecular formula is C31H31N3O3. The van der Waals surface area contributed by atoms with Crippen LogP contribution in [0.4, 0.5) is 11.4 Å². The number of ether oxygens (including phenoxy) is 1. The molecule has 0 saturated carbocycles. The Bertz CT molecular complexity index is 1570. The van der Waals surface area contributed by atoms with Gasteiger partial charge in [-0.25, -0.2) is 4.79 Å². The predicted octanol–water partition coefficient (Wildman–Crippen LogP) is 5.71. The van der Waals surface area contributed by atoms with Gasteiger partial charge in [0.2, 0.25) is 0 Å². The van der Waals surface area contributed by atoms with Crippen LogP contribution in [0.25, 0.3) is 16.3 Å². The van der Waals surface area contributed by atoms with E-state index in [0.717, 1.165) is 46.6 Å². The van der Waals surface area contributed by atoms with E-state index >= 15 is 0 Å². The molecule has 0 fully saturated rings. The minimum atomic E-state index is -0.392. The lowest BCUT2D eigenvalue weighted by Crippen LogP contribution is -2.24. The van der Waals surface area contributed by atoms with Crippen molar-refractivity contribution in [2.24, 2.45) is 7.05 Å². The number of esters is 1. The molecule has 1 atom stereocenters. The summed E-state index contributed by atoms with van der Waals surface area (Å²) in [6, 6.07) is 23.7. The number of methoxy groups -OCH3 is 1. The molecule has 37 heavy (non-hydrogen) atoms. The van der Waals surface area contributed by atoms with E-state index in [2.05, 4.69) is 40.6 Å². The molecule has 4 aromatic rings. The van der Waals surface area contributed by atoms with E-state index in [4.69, 9.17) is 4.74 Å². The first-order valence-corrected chi connectivity index (χ1v) is 12.4. The zero-order valence-corrected chi connectivity index (χ0v) is 21.6. The number of nitrogens with zero attached hydrogens (tertiary/aromatic N) is 2. The molecule has 1 N–H and O–H groups in total. The second kappa shape index (κ2) is 9.97. The van der Waals surface area contributed by atoms with E-state index in [1.165, 1.54) is 7.11 Å². The minimum Gasteiger partial charge on any atom is -0.465 e. The molecule has 0 spiro atoms. The van der Waals surface area contributed by atoms with E-state index in [1.54, 1.807) is 10.6 Å². The topological polar surface area (TPSA) is 63.6 Å².